The Labute approximate surface area is 77.3 Å². The zero-order valence-corrected chi connectivity index (χ0v) is 8.45. The van der Waals surface area contributed by atoms with Crippen LogP contribution < -0.4 is 5.59 Å². The second kappa shape index (κ2) is 3.36. The highest BCUT2D eigenvalue weighted by Crippen LogP contribution is 2.16. The summed E-state index contributed by atoms with van der Waals surface area (Å²) in [5, 5.41) is 0. The van der Waals surface area contributed by atoms with Crippen LogP contribution in [0.15, 0.2) is 3.92 Å². The van der Waals surface area contributed by atoms with Crippen LogP contribution in [0.3, 0.4) is 0 Å². The lowest BCUT2D eigenvalue weighted by atomic mass is 10.0. The third-order valence-electron chi connectivity index (χ3n) is 1.14. The highest BCUT2D eigenvalue weighted by Gasteiger charge is 2.13. The molecule has 1 aromatic heterocycles. The number of methoxy groups -OCH3 is 1. The summed E-state index contributed by atoms with van der Waals surface area (Å²) in [4.78, 5) is 15.5. The molecule has 1 heterocycles. The van der Waals surface area contributed by atoms with Crippen molar-refractivity contribution in [1.29, 1.82) is 0 Å². The smallest absolute Gasteiger partial charge is 0.349 e. The Morgan fingerprint density at radius 3 is 2.82 bits per heavy atom. The summed E-state index contributed by atoms with van der Waals surface area (Å²) < 4.78 is 5.25. The molecule has 11 heavy (non-hydrogen) atoms. The molecule has 0 radical (unpaired) electrons. The van der Waals surface area contributed by atoms with E-state index in [1.165, 1.54) is 18.4 Å². The second-order valence-corrected chi connectivity index (χ2v) is 4.15. The maximum Gasteiger partial charge on any atom is 0.349 e. The van der Waals surface area contributed by atoms with E-state index in [0.29, 0.717) is 14.4 Å². The largest absolute Gasteiger partial charge is 0.465 e. The van der Waals surface area contributed by atoms with E-state index >= 15 is 0 Å². The van der Waals surface area contributed by atoms with Crippen LogP contribution >= 0.6 is 27.3 Å². The van der Waals surface area contributed by atoms with Crippen molar-refractivity contribution in [1.82, 2.24) is 4.98 Å². The number of carbonyl (C=O) groups is 1. The average Bonchev–Trinajstić information content (AvgIpc) is 2.28. The summed E-state index contributed by atoms with van der Waals surface area (Å²) >= 11 is 4.46. The lowest BCUT2D eigenvalue weighted by molar-refractivity contribution is 0.0607. The summed E-state index contributed by atoms with van der Waals surface area (Å²) in [6.07, 6.45) is 0. The van der Waals surface area contributed by atoms with Crippen molar-refractivity contribution < 1.29 is 9.53 Å². The molecule has 0 fully saturated rings. The quantitative estimate of drug-likeness (QED) is 0.505. The van der Waals surface area contributed by atoms with E-state index in [0.717, 1.165) is 0 Å². The molecule has 0 saturated carbocycles. The SMILES string of the molecule is Bc1nc(Br)sc1C(=O)OC. The molecule has 0 N–H and O–H groups in total. The number of ether oxygens (including phenoxy) is 1. The highest BCUT2D eigenvalue weighted by molar-refractivity contribution is 9.11. The molecule has 0 saturated heterocycles. The van der Waals surface area contributed by atoms with Crippen LogP contribution in [0.5, 0.6) is 0 Å². The van der Waals surface area contributed by atoms with E-state index < -0.39 is 0 Å². The zero-order chi connectivity index (χ0) is 8.43. The van der Waals surface area contributed by atoms with Gasteiger partial charge in [0, 0.05) is 5.59 Å². The van der Waals surface area contributed by atoms with Gasteiger partial charge in [0.2, 0.25) is 0 Å². The van der Waals surface area contributed by atoms with Crippen LogP contribution in [0.1, 0.15) is 9.67 Å². The van der Waals surface area contributed by atoms with E-state index in [1.54, 1.807) is 7.85 Å². The third kappa shape index (κ3) is 1.81. The van der Waals surface area contributed by atoms with Crippen LogP contribution in [0, 0.1) is 0 Å². The lowest BCUT2D eigenvalue weighted by Gasteiger charge is -1.93. The maximum absolute atomic E-state index is 11.0. The Balaban J connectivity index is 3.03. The first-order valence-electron chi connectivity index (χ1n) is 2.86. The van der Waals surface area contributed by atoms with E-state index in [-0.39, 0.29) is 5.97 Å². The number of rotatable bonds is 1. The number of halogens is 1. The Morgan fingerprint density at radius 2 is 2.45 bits per heavy atom. The van der Waals surface area contributed by atoms with E-state index in [2.05, 4.69) is 25.7 Å². The lowest BCUT2D eigenvalue weighted by Crippen LogP contribution is -2.14. The minimum Gasteiger partial charge on any atom is -0.465 e. The third-order valence-corrected chi connectivity index (χ3v) is 2.73. The molecule has 1 rings (SSSR count). The summed E-state index contributed by atoms with van der Waals surface area (Å²) in [6.45, 7) is 0. The van der Waals surface area contributed by atoms with Gasteiger partial charge in [-0.25, -0.2) is 9.78 Å². The molecular formula is C5H5BBrNO2S. The van der Waals surface area contributed by atoms with E-state index in [1.807, 2.05) is 0 Å². The summed E-state index contributed by atoms with van der Waals surface area (Å²) in [5.41, 5.74) is 0.703. The van der Waals surface area contributed by atoms with Gasteiger partial charge in [0.05, 0.1) is 7.11 Å². The van der Waals surface area contributed by atoms with Crippen LogP contribution in [0.2, 0.25) is 0 Å². The molecule has 0 aliphatic rings. The molecule has 0 aliphatic heterocycles. The number of carbonyl (C=O) groups excluding carboxylic acids is 1. The summed E-state index contributed by atoms with van der Waals surface area (Å²) in [7, 11) is 3.13. The minimum absolute atomic E-state index is 0.328. The van der Waals surface area contributed by atoms with Gasteiger partial charge in [-0.3, -0.25) is 0 Å². The van der Waals surface area contributed by atoms with Crippen molar-refractivity contribution in [2.45, 2.75) is 0 Å². The molecule has 0 bridgehead atoms. The second-order valence-electron chi connectivity index (χ2n) is 1.87. The number of esters is 1. The predicted octanol–water partition coefficient (Wildman–Crippen LogP) is -0.0494. The molecular weight excluding hydrogens is 229 g/mol. The number of hydrogen-bond acceptors (Lipinski definition) is 4. The van der Waals surface area contributed by atoms with Gasteiger partial charge in [0.1, 0.15) is 4.88 Å². The fourth-order valence-electron chi connectivity index (χ4n) is 0.646. The number of nitrogens with zero attached hydrogens (tertiary/aromatic N) is 1. The van der Waals surface area contributed by atoms with Crippen molar-refractivity contribution in [2.24, 2.45) is 0 Å². The topological polar surface area (TPSA) is 39.2 Å². The van der Waals surface area contributed by atoms with Crippen molar-refractivity contribution >= 4 is 46.7 Å². The molecule has 0 aliphatic carbocycles. The summed E-state index contributed by atoms with van der Waals surface area (Å²) in [6, 6.07) is 0. The summed E-state index contributed by atoms with van der Waals surface area (Å²) in [5.74, 6) is -0.328. The monoisotopic (exact) mass is 233 g/mol. The van der Waals surface area contributed by atoms with Gasteiger partial charge in [0.15, 0.2) is 11.8 Å². The Morgan fingerprint density at radius 1 is 1.82 bits per heavy atom. The first-order chi connectivity index (χ1) is 5.15. The molecule has 1 aromatic rings. The van der Waals surface area contributed by atoms with Gasteiger partial charge < -0.3 is 4.74 Å². The van der Waals surface area contributed by atoms with Gasteiger partial charge in [-0.2, -0.15) is 0 Å². The first kappa shape index (κ1) is 8.74. The molecule has 0 aromatic carbocycles. The number of hydrogen-bond donors (Lipinski definition) is 0. The molecule has 0 unspecified atom stereocenters. The molecule has 0 amide bonds. The molecule has 0 spiro atoms. The Bertz CT molecular complexity index is 288. The van der Waals surface area contributed by atoms with E-state index in [4.69, 9.17) is 0 Å². The standard InChI is InChI=1S/C5H5BBrNO2S/c1-10-4(9)2-3(6)8-5(7)11-2/h6H2,1H3. The van der Waals surface area contributed by atoms with Crippen LogP contribution in [0.25, 0.3) is 0 Å². The number of aromatic nitrogens is 1. The average molecular weight is 234 g/mol. The van der Waals surface area contributed by atoms with Gasteiger partial charge in [0.25, 0.3) is 0 Å². The van der Waals surface area contributed by atoms with Gasteiger partial charge in [-0.05, 0) is 15.9 Å². The maximum atomic E-state index is 11.0. The minimum atomic E-state index is -0.328. The van der Waals surface area contributed by atoms with Crippen LogP contribution in [-0.4, -0.2) is 25.9 Å². The van der Waals surface area contributed by atoms with E-state index in [9.17, 15) is 4.79 Å². The molecule has 0 atom stereocenters. The first-order valence-corrected chi connectivity index (χ1v) is 4.47. The normalized spacial score (nSPS) is 9.64. The molecule has 58 valence electrons. The fraction of sp³-hybridized carbons (Fsp3) is 0.200. The number of thiazole rings is 1. The Kier molecular flexibility index (Phi) is 2.67. The van der Waals surface area contributed by atoms with Crippen LogP contribution in [0.4, 0.5) is 0 Å². The zero-order valence-electron chi connectivity index (χ0n) is 6.05. The van der Waals surface area contributed by atoms with Crippen molar-refractivity contribution in [3.8, 4) is 0 Å². The van der Waals surface area contributed by atoms with Gasteiger partial charge in [-0.1, -0.05) is 0 Å². The molecule has 6 heteroatoms. The highest BCUT2D eigenvalue weighted by atomic mass is 79.9. The van der Waals surface area contributed by atoms with Crippen molar-refractivity contribution in [2.75, 3.05) is 7.11 Å². The molecule has 3 nitrogen and oxygen atoms in total. The van der Waals surface area contributed by atoms with Crippen molar-refractivity contribution in [3.05, 3.63) is 8.79 Å². The fourth-order valence-corrected chi connectivity index (χ4v) is 2.11. The Hall–Kier alpha value is -0.355. The van der Waals surface area contributed by atoms with Crippen molar-refractivity contribution in [3.63, 3.8) is 0 Å². The van der Waals surface area contributed by atoms with Gasteiger partial charge >= 0.3 is 5.97 Å². The van der Waals surface area contributed by atoms with Gasteiger partial charge in [-0.15, -0.1) is 11.3 Å². The predicted molar refractivity (Wildman–Crippen MR) is 49.3 cm³/mol. The van der Waals surface area contributed by atoms with Crippen LogP contribution in [-0.2, 0) is 4.74 Å².